The molecule has 0 bridgehead atoms. The van der Waals surface area contributed by atoms with E-state index in [0.717, 1.165) is 14.9 Å². The number of hydrogen-bond acceptors (Lipinski definition) is 3. The number of ether oxygens (including phenoxy) is 2. The van der Waals surface area contributed by atoms with Gasteiger partial charge in [0.05, 0.1) is 19.6 Å². The van der Waals surface area contributed by atoms with Crippen molar-refractivity contribution in [2.24, 2.45) is 0 Å². The fraction of sp³-hybridized carbons (Fsp3) is 0.286. The first kappa shape index (κ1) is 14.7. The zero-order valence-electron chi connectivity index (χ0n) is 10.9. The first-order chi connectivity index (χ1) is 9.06. The Labute approximate surface area is 130 Å². The summed E-state index contributed by atoms with van der Waals surface area (Å²) in [6.07, 6.45) is 0. The standard InChI is InChI=1S/C14H14BrClO2S/c1-8-4-5-13(19-8)14(16)9-6-11(17-2)12(18-3)7-10(9)15/h4-7,14H,1-3H3. The van der Waals surface area contributed by atoms with Crippen molar-refractivity contribution in [1.29, 1.82) is 0 Å². The molecule has 0 radical (unpaired) electrons. The lowest BCUT2D eigenvalue weighted by molar-refractivity contribution is 0.354. The smallest absolute Gasteiger partial charge is 0.161 e. The van der Waals surface area contributed by atoms with Crippen LogP contribution in [0.4, 0.5) is 0 Å². The van der Waals surface area contributed by atoms with E-state index in [4.69, 9.17) is 21.1 Å². The van der Waals surface area contributed by atoms with Crippen LogP contribution < -0.4 is 9.47 Å². The molecule has 1 aromatic carbocycles. The van der Waals surface area contributed by atoms with E-state index in [1.807, 2.05) is 12.1 Å². The minimum atomic E-state index is -0.201. The maximum absolute atomic E-state index is 6.56. The molecule has 2 nitrogen and oxygen atoms in total. The van der Waals surface area contributed by atoms with Crippen molar-refractivity contribution >= 4 is 38.9 Å². The quantitative estimate of drug-likeness (QED) is 0.700. The third kappa shape index (κ3) is 3.07. The van der Waals surface area contributed by atoms with Crippen LogP contribution >= 0.6 is 38.9 Å². The predicted molar refractivity (Wildman–Crippen MR) is 84.0 cm³/mol. The van der Waals surface area contributed by atoms with Gasteiger partial charge in [-0.2, -0.15) is 0 Å². The minimum Gasteiger partial charge on any atom is -0.493 e. The summed E-state index contributed by atoms with van der Waals surface area (Å²) in [6.45, 7) is 2.07. The van der Waals surface area contributed by atoms with Gasteiger partial charge in [-0.05, 0) is 36.8 Å². The van der Waals surface area contributed by atoms with Crippen LogP contribution in [-0.4, -0.2) is 14.2 Å². The van der Waals surface area contributed by atoms with Crippen molar-refractivity contribution in [3.05, 3.63) is 44.1 Å². The highest BCUT2D eigenvalue weighted by Gasteiger charge is 2.19. The number of aryl methyl sites for hydroxylation is 1. The van der Waals surface area contributed by atoms with Gasteiger partial charge in [-0.3, -0.25) is 0 Å². The third-order valence-electron chi connectivity index (χ3n) is 2.79. The first-order valence-corrected chi connectivity index (χ1v) is 7.73. The van der Waals surface area contributed by atoms with Gasteiger partial charge in [-0.25, -0.2) is 0 Å². The van der Waals surface area contributed by atoms with Gasteiger partial charge in [0.2, 0.25) is 0 Å². The highest BCUT2D eigenvalue weighted by atomic mass is 79.9. The number of benzene rings is 1. The van der Waals surface area contributed by atoms with E-state index in [-0.39, 0.29) is 5.38 Å². The molecule has 0 aliphatic heterocycles. The van der Waals surface area contributed by atoms with Crippen molar-refractivity contribution in [1.82, 2.24) is 0 Å². The average molecular weight is 362 g/mol. The van der Waals surface area contributed by atoms with Crippen LogP contribution in [0, 0.1) is 6.92 Å². The molecular formula is C14H14BrClO2S. The summed E-state index contributed by atoms with van der Waals surface area (Å²) in [7, 11) is 3.23. The molecule has 0 spiro atoms. The third-order valence-corrected chi connectivity index (χ3v) is 5.14. The van der Waals surface area contributed by atoms with Gasteiger partial charge in [-0.15, -0.1) is 22.9 Å². The lowest BCUT2D eigenvalue weighted by Gasteiger charge is -2.14. The minimum absolute atomic E-state index is 0.201. The van der Waals surface area contributed by atoms with Gasteiger partial charge < -0.3 is 9.47 Å². The van der Waals surface area contributed by atoms with E-state index in [1.165, 1.54) is 4.88 Å². The Morgan fingerprint density at radius 3 is 2.32 bits per heavy atom. The van der Waals surface area contributed by atoms with Crippen LogP contribution in [0.15, 0.2) is 28.7 Å². The lowest BCUT2D eigenvalue weighted by atomic mass is 10.1. The van der Waals surface area contributed by atoms with Crippen LogP contribution in [0.5, 0.6) is 11.5 Å². The van der Waals surface area contributed by atoms with Crippen LogP contribution in [0.2, 0.25) is 0 Å². The monoisotopic (exact) mass is 360 g/mol. The molecule has 0 fully saturated rings. The Hall–Kier alpha value is -0.710. The van der Waals surface area contributed by atoms with Crippen molar-refractivity contribution in [2.75, 3.05) is 14.2 Å². The number of methoxy groups -OCH3 is 2. The van der Waals surface area contributed by atoms with E-state index in [2.05, 4.69) is 35.0 Å². The summed E-state index contributed by atoms with van der Waals surface area (Å²) in [5.74, 6) is 1.36. The summed E-state index contributed by atoms with van der Waals surface area (Å²) in [4.78, 5) is 2.37. The molecular weight excluding hydrogens is 348 g/mol. The fourth-order valence-electron chi connectivity index (χ4n) is 1.81. The molecule has 1 aromatic heterocycles. The van der Waals surface area contributed by atoms with Crippen LogP contribution in [-0.2, 0) is 0 Å². The van der Waals surface area contributed by atoms with Gasteiger partial charge in [0.15, 0.2) is 11.5 Å². The Kier molecular flexibility index (Phi) is 4.76. The fourth-order valence-corrected chi connectivity index (χ4v) is 3.75. The highest BCUT2D eigenvalue weighted by molar-refractivity contribution is 9.10. The van der Waals surface area contributed by atoms with E-state index < -0.39 is 0 Å². The summed E-state index contributed by atoms with van der Waals surface area (Å²) in [5.41, 5.74) is 0.973. The van der Waals surface area contributed by atoms with Crippen LogP contribution in [0.3, 0.4) is 0 Å². The summed E-state index contributed by atoms with van der Waals surface area (Å²) in [6, 6.07) is 7.92. The molecule has 0 saturated heterocycles. The molecule has 102 valence electrons. The Balaban J connectivity index is 2.44. The number of thiophene rings is 1. The molecule has 19 heavy (non-hydrogen) atoms. The molecule has 0 amide bonds. The summed E-state index contributed by atoms with van der Waals surface area (Å²) >= 11 is 11.8. The molecule has 0 N–H and O–H groups in total. The predicted octanol–water partition coefficient (Wildman–Crippen LogP) is 5.16. The first-order valence-electron chi connectivity index (χ1n) is 5.68. The van der Waals surface area contributed by atoms with Crippen LogP contribution in [0.25, 0.3) is 0 Å². The summed E-state index contributed by atoms with van der Waals surface area (Å²) in [5, 5.41) is -0.201. The van der Waals surface area contributed by atoms with Crippen molar-refractivity contribution in [3.8, 4) is 11.5 Å². The van der Waals surface area contributed by atoms with Gasteiger partial charge in [-0.1, -0.05) is 15.9 Å². The van der Waals surface area contributed by atoms with Gasteiger partial charge in [0, 0.05) is 14.2 Å². The van der Waals surface area contributed by atoms with Crippen LogP contribution in [0.1, 0.15) is 20.7 Å². The molecule has 0 aliphatic rings. The SMILES string of the molecule is COc1cc(Br)c(C(Cl)c2ccc(C)s2)cc1OC. The molecule has 1 atom stereocenters. The Morgan fingerprint density at radius 1 is 1.16 bits per heavy atom. The molecule has 2 rings (SSSR count). The molecule has 1 unspecified atom stereocenters. The van der Waals surface area contributed by atoms with E-state index in [0.29, 0.717) is 11.5 Å². The van der Waals surface area contributed by atoms with Crippen molar-refractivity contribution in [2.45, 2.75) is 12.3 Å². The second kappa shape index (κ2) is 6.16. The van der Waals surface area contributed by atoms with E-state index in [9.17, 15) is 0 Å². The second-order valence-corrected chi connectivity index (χ2v) is 6.65. The maximum atomic E-state index is 6.56. The van der Waals surface area contributed by atoms with E-state index in [1.54, 1.807) is 25.6 Å². The number of rotatable bonds is 4. The zero-order chi connectivity index (χ0) is 14.0. The zero-order valence-corrected chi connectivity index (χ0v) is 14.0. The highest BCUT2D eigenvalue weighted by Crippen LogP contribution is 2.42. The van der Waals surface area contributed by atoms with Crippen molar-refractivity contribution in [3.63, 3.8) is 0 Å². The van der Waals surface area contributed by atoms with Crippen molar-refractivity contribution < 1.29 is 9.47 Å². The average Bonchev–Trinajstić information content (AvgIpc) is 2.84. The number of alkyl halides is 1. The molecule has 0 aliphatic carbocycles. The number of hydrogen-bond donors (Lipinski definition) is 0. The van der Waals surface area contributed by atoms with Gasteiger partial charge >= 0.3 is 0 Å². The number of halogens is 2. The van der Waals surface area contributed by atoms with Gasteiger partial charge in [0.1, 0.15) is 0 Å². The Bertz CT molecular complexity index is 583. The van der Waals surface area contributed by atoms with Gasteiger partial charge in [0.25, 0.3) is 0 Å². The normalized spacial score (nSPS) is 12.3. The largest absolute Gasteiger partial charge is 0.493 e. The summed E-state index contributed by atoms with van der Waals surface area (Å²) < 4.78 is 11.5. The van der Waals surface area contributed by atoms with E-state index >= 15 is 0 Å². The lowest BCUT2D eigenvalue weighted by Crippen LogP contribution is -1.96. The molecule has 0 saturated carbocycles. The Morgan fingerprint density at radius 2 is 1.79 bits per heavy atom. The molecule has 1 heterocycles. The molecule has 5 heteroatoms. The second-order valence-electron chi connectivity index (χ2n) is 4.04. The topological polar surface area (TPSA) is 18.5 Å². The maximum Gasteiger partial charge on any atom is 0.161 e. The molecule has 2 aromatic rings.